The molecule has 2 heterocycles. The molecule has 0 bridgehead atoms. The molecule has 0 saturated carbocycles. The molecule has 1 aliphatic heterocycles. The zero-order chi connectivity index (χ0) is 22.8. The first-order valence-corrected chi connectivity index (χ1v) is 11.1. The number of para-hydroxylation sites is 1. The Morgan fingerprint density at radius 2 is 1.88 bits per heavy atom. The molecule has 1 atom stereocenters. The van der Waals surface area contributed by atoms with E-state index in [0.717, 1.165) is 0 Å². The molecule has 1 unspecified atom stereocenters. The third-order valence-electron chi connectivity index (χ3n) is 5.71. The van der Waals surface area contributed by atoms with Crippen molar-refractivity contribution in [3.8, 4) is 11.5 Å². The maximum Gasteiger partial charge on any atom is 0.261 e. The number of hydrogen-bond donors (Lipinski definition) is 0. The van der Waals surface area contributed by atoms with Crippen molar-refractivity contribution in [1.82, 2.24) is 14.5 Å². The summed E-state index contributed by atoms with van der Waals surface area (Å²) in [4.78, 5) is 33.6. The summed E-state index contributed by atoms with van der Waals surface area (Å²) in [5.41, 5.74) is 1.10. The van der Waals surface area contributed by atoms with Crippen LogP contribution in [0.3, 0.4) is 0 Å². The molecule has 2 aromatic carbocycles. The number of fused-ring (bicyclic) bond motifs is 2. The number of aromatic nitrogens is 2. The second-order valence-electron chi connectivity index (χ2n) is 8.38. The van der Waals surface area contributed by atoms with Crippen LogP contribution in [0.25, 0.3) is 10.9 Å². The molecule has 0 radical (unpaired) electrons. The Labute approximate surface area is 187 Å². The van der Waals surface area contributed by atoms with Crippen molar-refractivity contribution in [1.29, 1.82) is 0 Å². The van der Waals surface area contributed by atoms with Crippen LogP contribution in [0.5, 0.6) is 11.5 Å². The van der Waals surface area contributed by atoms with Crippen molar-refractivity contribution in [2.45, 2.75) is 46.7 Å². The highest BCUT2D eigenvalue weighted by molar-refractivity contribution is 5.95. The van der Waals surface area contributed by atoms with E-state index in [4.69, 9.17) is 14.5 Å². The van der Waals surface area contributed by atoms with E-state index in [0.29, 0.717) is 53.3 Å². The molecule has 0 aliphatic carbocycles. The van der Waals surface area contributed by atoms with Crippen LogP contribution in [-0.4, -0.2) is 33.7 Å². The summed E-state index contributed by atoms with van der Waals surface area (Å²) in [6.45, 7) is 9.28. The number of benzene rings is 2. The van der Waals surface area contributed by atoms with Gasteiger partial charge in [0.25, 0.3) is 11.5 Å². The lowest BCUT2D eigenvalue weighted by atomic mass is 10.1. The lowest BCUT2D eigenvalue weighted by Crippen LogP contribution is -2.40. The van der Waals surface area contributed by atoms with E-state index in [1.165, 1.54) is 0 Å². The third kappa shape index (κ3) is 3.95. The van der Waals surface area contributed by atoms with Gasteiger partial charge in [-0.25, -0.2) is 4.98 Å². The summed E-state index contributed by atoms with van der Waals surface area (Å²) in [5, 5.41) is 0.588. The molecule has 0 saturated heterocycles. The van der Waals surface area contributed by atoms with Crippen molar-refractivity contribution in [2.24, 2.45) is 5.92 Å². The molecule has 32 heavy (non-hydrogen) atoms. The highest BCUT2D eigenvalue weighted by Gasteiger charge is 2.30. The molecule has 4 rings (SSSR count). The summed E-state index contributed by atoms with van der Waals surface area (Å²) in [5.74, 6) is 1.95. The summed E-state index contributed by atoms with van der Waals surface area (Å²) in [6.07, 6.45) is 0.633. The van der Waals surface area contributed by atoms with Crippen LogP contribution in [0.4, 0.5) is 0 Å². The van der Waals surface area contributed by atoms with E-state index < -0.39 is 0 Å². The molecule has 1 aromatic heterocycles. The SMILES string of the molecule is CCC(c1nc2ccccc2c(=O)n1CC)N(CC(C)C)C(=O)c1ccc2c(c1)OCO2. The Hall–Kier alpha value is -3.35. The molecular weight excluding hydrogens is 406 g/mol. The first-order chi connectivity index (χ1) is 15.4. The standard InChI is InChI=1S/C25H29N3O4/c1-5-20(23-26-19-10-8-7-9-18(19)25(30)27(23)6-2)28(14-16(3)4)24(29)17-11-12-21-22(13-17)32-15-31-21/h7-13,16,20H,5-6,14-15H2,1-4H3. The normalized spacial score (nSPS) is 13.5. The van der Waals surface area contributed by atoms with Gasteiger partial charge in [-0.1, -0.05) is 32.9 Å². The van der Waals surface area contributed by atoms with E-state index in [1.807, 2.05) is 36.9 Å². The van der Waals surface area contributed by atoms with Crippen molar-refractivity contribution >= 4 is 16.8 Å². The van der Waals surface area contributed by atoms with E-state index in [1.54, 1.807) is 28.8 Å². The summed E-state index contributed by atoms with van der Waals surface area (Å²) in [6, 6.07) is 12.3. The van der Waals surface area contributed by atoms with Crippen molar-refractivity contribution in [3.63, 3.8) is 0 Å². The second kappa shape index (κ2) is 9.02. The maximum absolute atomic E-state index is 13.7. The summed E-state index contributed by atoms with van der Waals surface area (Å²) in [7, 11) is 0. The van der Waals surface area contributed by atoms with Gasteiger partial charge in [0.2, 0.25) is 6.79 Å². The predicted octanol–water partition coefficient (Wildman–Crippen LogP) is 4.39. The fourth-order valence-corrected chi connectivity index (χ4v) is 4.23. The first-order valence-electron chi connectivity index (χ1n) is 11.1. The predicted molar refractivity (Wildman–Crippen MR) is 123 cm³/mol. The topological polar surface area (TPSA) is 73.7 Å². The van der Waals surface area contributed by atoms with Crippen LogP contribution in [0.1, 0.15) is 56.3 Å². The number of rotatable bonds is 7. The van der Waals surface area contributed by atoms with Crippen LogP contribution in [0.15, 0.2) is 47.3 Å². The molecule has 7 heteroatoms. The van der Waals surface area contributed by atoms with Crippen LogP contribution >= 0.6 is 0 Å². The van der Waals surface area contributed by atoms with Gasteiger partial charge in [0.1, 0.15) is 5.82 Å². The van der Waals surface area contributed by atoms with Gasteiger partial charge in [-0.15, -0.1) is 0 Å². The lowest BCUT2D eigenvalue weighted by molar-refractivity contribution is 0.0628. The third-order valence-corrected chi connectivity index (χ3v) is 5.71. The Bertz CT molecular complexity index is 1200. The number of carbonyl (C=O) groups excluding carboxylic acids is 1. The second-order valence-corrected chi connectivity index (χ2v) is 8.38. The number of carbonyl (C=O) groups is 1. The monoisotopic (exact) mass is 435 g/mol. The minimum absolute atomic E-state index is 0.0772. The molecule has 0 N–H and O–H groups in total. The van der Waals surface area contributed by atoms with E-state index >= 15 is 0 Å². The lowest BCUT2D eigenvalue weighted by Gasteiger charge is -2.33. The quantitative estimate of drug-likeness (QED) is 0.550. The Balaban J connectivity index is 1.82. The van der Waals surface area contributed by atoms with Gasteiger partial charge < -0.3 is 14.4 Å². The Morgan fingerprint density at radius 3 is 2.59 bits per heavy atom. The molecule has 0 fully saturated rings. The maximum atomic E-state index is 13.7. The minimum atomic E-state index is -0.340. The highest BCUT2D eigenvalue weighted by Crippen LogP contribution is 2.34. The molecule has 1 aliphatic rings. The minimum Gasteiger partial charge on any atom is -0.454 e. The Morgan fingerprint density at radius 1 is 1.12 bits per heavy atom. The molecule has 168 valence electrons. The number of amides is 1. The van der Waals surface area contributed by atoms with Gasteiger partial charge in [-0.2, -0.15) is 0 Å². The zero-order valence-corrected chi connectivity index (χ0v) is 19.0. The number of hydrogen-bond acceptors (Lipinski definition) is 5. The van der Waals surface area contributed by atoms with Gasteiger partial charge in [-0.05, 0) is 49.6 Å². The average Bonchev–Trinajstić information content (AvgIpc) is 3.26. The van der Waals surface area contributed by atoms with E-state index in [2.05, 4.69) is 13.8 Å². The van der Waals surface area contributed by atoms with Gasteiger partial charge in [0.05, 0.1) is 16.9 Å². The van der Waals surface area contributed by atoms with Gasteiger partial charge in [0, 0.05) is 18.7 Å². The van der Waals surface area contributed by atoms with Crippen LogP contribution < -0.4 is 15.0 Å². The highest BCUT2D eigenvalue weighted by atomic mass is 16.7. The van der Waals surface area contributed by atoms with Crippen molar-refractivity contribution < 1.29 is 14.3 Å². The van der Waals surface area contributed by atoms with E-state index in [-0.39, 0.29) is 30.2 Å². The molecule has 7 nitrogen and oxygen atoms in total. The largest absolute Gasteiger partial charge is 0.454 e. The summed E-state index contributed by atoms with van der Waals surface area (Å²) < 4.78 is 12.5. The first kappa shape index (κ1) is 21.9. The zero-order valence-electron chi connectivity index (χ0n) is 19.0. The van der Waals surface area contributed by atoms with Crippen LogP contribution in [-0.2, 0) is 6.54 Å². The average molecular weight is 436 g/mol. The molecule has 1 amide bonds. The Kier molecular flexibility index (Phi) is 6.17. The summed E-state index contributed by atoms with van der Waals surface area (Å²) >= 11 is 0. The van der Waals surface area contributed by atoms with E-state index in [9.17, 15) is 9.59 Å². The van der Waals surface area contributed by atoms with Crippen LogP contribution in [0, 0.1) is 5.92 Å². The molecule has 3 aromatic rings. The van der Waals surface area contributed by atoms with Gasteiger partial charge in [-0.3, -0.25) is 14.2 Å². The fourth-order valence-electron chi connectivity index (χ4n) is 4.23. The fraction of sp³-hybridized carbons (Fsp3) is 0.400. The number of ether oxygens (including phenoxy) is 2. The molecular formula is C25H29N3O4. The van der Waals surface area contributed by atoms with Crippen LogP contribution in [0.2, 0.25) is 0 Å². The van der Waals surface area contributed by atoms with Gasteiger partial charge in [0.15, 0.2) is 11.5 Å². The smallest absolute Gasteiger partial charge is 0.261 e. The van der Waals surface area contributed by atoms with Crippen molar-refractivity contribution in [2.75, 3.05) is 13.3 Å². The van der Waals surface area contributed by atoms with Crippen molar-refractivity contribution in [3.05, 3.63) is 64.2 Å². The molecule has 0 spiro atoms. The number of nitrogens with zero attached hydrogens (tertiary/aromatic N) is 3. The van der Waals surface area contributed by atoms with Gasteiger partial charge >= 0.3 is 0 Å².